The van der Waals surface area contributed by atoms with Crippen LogP contribution in [-0.4, -0.2) is 46.9 Å². The van der Waals surface area contributed by atoms with Gasteiger partial charge in [0.25, 0.3) is 0 Å². The molecule has 1 fully saturated rings. The van der Waals surface area contributed by atoms with Crippen LogP contribution in [0.4, 0.5) is 0 Å². The van der Waals surface area contributed by atoms with E-state index in [1.165, 1.54) is 0 Å². The molecular formula is C17H22N4O3. The first kappa shape index (κ1) is 15.3. The molecule has 2 aliphatic rings. The lowest BCUT2D eigenvalue weighted by atomic mass is 10.1. The zero-order valence-corrected chi connectivity index (χ0v) is 14.0. The monoisotopic (exact) mass is 330 g/mol. The number of rotatable bonds is 4. The van der Waals surface area contributed by atoms with Gasteiger partial charge in [0.2, 0.25) is 0 Å². The molecule has 4 rings (SSSR count). The normalized spacial score (nSPS) is 20.3. The van der Waals surface area contributed by atoms with Crippen LogP contribution in [0.2, 0.25) is 0 Å². The van der Waals surface area contributed by atoms with Gasteiger partial charge in [0.1, 0.15) is 24.8 Å². The predicted molar refractivity (Wildman–Crippen MR) is 87.5 cm³/mol. The number of likely N-dealkylation sites (tertiary alicyclic amines) is 1. The van der Waals surface area contributed by atoms with Crippen LogP contribution in [0.5, 0.6) is 17.2 Å². The van der Waals surface area contributed by atoms with Crippen LogP contribution in [0.1, 0.15) is 36.1 Å². The molecule has 1 aromatic carbocycles. The van der Waals surface area contributed by atoms with Crippen molar-refractivity contribution in [3.8, 4) is 17.2 Å². The molecule has 0 amide bonds. The third-order valence-electron chi connectivity index (χ3n) is 4.59. The first-order valence-electron chi connectivity index (χ1n) is 8.34. The summed E-state index contributed by atoms with van der Waals surface area (Å²) in [5, 5.41) is 7.29. The van der Waals surface area contributed by atoms with Crippen LogP contribution in [0.15, 0.2) is 12.1 Å². The summed E-state index contributed by atoms with van der Waals surface area (Å²) in [5.41, 5.74) is 1.10. The molecule has 1 aromatic heterocycles. The minimum absolute atomic E-state index is 0.243. The standard InChI is InChI=1S/C17H22N4O3/c1-11-18-17(20-19-11)13-4-3-5-21(13)10-12-8-15-16(9-14(12)22-2)24-7-6-23-15/h8-9,13H,3-7,10H2,1-2H3,(H,18,19,20). The summed E-state index contributed by atoms with van der Waals surface area (Å²) in [6.45, 7) is 4.89. The van der Waals surface area contributed by atoms with Crippen molar-refractivity contribution >= 4 is 0 Å². The van der Waals surface area contributed by atoms with E-state index in [1.54, 1.807) is 7.11 Å². The zero-order valence-electron chi connectivity index (χ0n) is 14.0. The van der Waals surface area contributed by atoms with Gasteiger partial charge in [0.15, 0.2) is 17.3 Å². The molecule has 24 heavy (non-hydrogen) atoms. The van der Waals surface area contributed by atoms with Gasteiger partial charge in [-0.2, -0.15) is 5.10 Å². The minimum atomic E-state index is 0.243. The molecule has 1 unspecified atom stereocenters. The number of aryl methyl sites for hydroxylation is 1. The first-order valence-corrected chi connectivity index (χ1v) is 8.34. The molecule has 0 bridgehead atoms. The Morgan fingerprint density at radius 2 is 2.08 bits per heavy atom. The van der Waals surface area contributed by atoms with Crippen LogP contribution >= 0.6 is 0 Å². The second-order valence-electron chi connectivity index (χ2n) is 6.22. The number of aromatic amines is 1. The number of hydrogen-bond acceptors (Lipinski definition) is 6. The van der Waals surface area contributed by atoms with E-state index in [0.717, 1.165) is 60.4 Å². The van der Waals surface area contributed by atoms with Gasteiger partial charge in [-0.1, -0.05) is 0 Å². The second-order valence-corrected chi connectivity index (χ2v) is 6.22. The van der Waals surface area contributed by atoms with Crippen molar-refractivity contribution in [1.29, 1.82) is 0 Å². The summed E-state index contributed by atoms with van der Waals surface area (Å²) >= 11 is 0. The van der Waals surface area contributed by atoms with E-state index < -0.39 is 0 Å². The number of aromatic nitrogens is 3. The second kappa shape index (κ2) is 6.32. The maximum Gasteiger partial charge on any atom is 0.167 e. The van der Waals surface area contributed by atoms with Crippen LogP contribution < -0.4 is 14.2 Å². The van der Waals surface area contributed by atoms with E-state index in [0.29, 0.717) is 13.2 Å². The van der Waals surface area contributed by atoms with Crippen LogP contribution in [0.3, 0.4) is 0 Å². The maximum absolute atomic E-state index is 5.71. The van der Waals surface area contributed by atoms with Gasteiger partial charge in [0, 0.05) is 18.2 Å². The van der Waals surface area contributed by atoms with Crippen molar-refractivity contribution in [2.75, 3.05) is 26.9 Å². The van der Waals surface area contributed by atoms with Gasteiger partial charge in [-0.05, 0) is 32.4 Å². The predicted octanol–water partition coefficient (Wildman–Crippen LogP) is 2.23. The number of H-pyrrole nitrogens is 1. The number of benzene rings is 1. The molecular weight excluding hydrogens is 308 g/mol. The summed E-state index contributed by atoms with van der Waals surface area (Å²) in [4.78, 5) is 6.91. The summed E-state index contributed by atoms with van der Waals surface area (Å²) in [6, 6.07) is 4.20. The number of fused-ring (bicyclic) bond motifs is 1. The van der Waals surface area contributed by atoms with Gasteiger partial charge in [-0.3, -0.25) is 10.00 Å². The Kier molecular flexibility index (Phi) is 4.02. The van der Waals surface area contributed by atoms with E-state index in [9.17, 15) is 0 Å². The Bertz CT molecular complexity index is 731. The fraction of sp³-hybridized carbons (Fsp3) is 0.529. The maximum atomic E-state index is 5.71. The molecule has 0 spiro atoms. The van der Waals surface area contributed by atoms with Crippen molar-refractivity contribution in [1.82, 2.24) is 20.1 Å². The molecule has 7 heteroatoms. The summed E-state index contributed by atoms with van der Waals surface area (Å²) in [6.07, 6.45) is 2.22. The molecule has 0 aliphatic carbocycles. The SMILES string of the molecule is COc1cc2c(cc1CN1CCCC1c1n[nH]c(C)n1)OCCO2. The fourth-order valence-corrected chi connectivity index (χ4v) is 3.46. The highest BCUT2D eigenvalue weighted by Crippen LogP contribution is 2.39. The Labute approximate surface area is 140 Å². The van der Waals surface area contributed by atoms with Crippen molar-refractivity contribution in [2.24, 2.45) is 0 Å². The third kappa shape index (κ3) is 2.80. The zero-order chi connectivity index (χ0) is 16.5. The summed E-state index contributed by atoms with van der Waals surface area (Å²) in [7, 11) is 1.69. The van der Waals surface area contributed by atoms with Gasteiger partial charge < -0.3 is 14.2 Å². The molecule has 7 nitrogen and oxygen atoms in total. The topological polar surface area (TPSA) is 72.5 Å². The van der Waals surface area contributed by atoms with Crippen LogP contribution in [0, 0.1) is 6.92 Å². The van der Waals surface area contributed by atoms with Crippen molar-refractivity contribution < 1.29 is 14.2 Å². The van der Waals surface area contributed by atoms with Gasteiger partial charge in [0.05, 0.1) is 13.2 Å². The minimum Gasteiger partial charge on any atom is -0.496 e. The average molecular weight is 330 g/mol. The number of nitrogens with one attached hydrogen (secondary N) is 1. The first-order chi connectivity index (χ1) is 11.7. The van der Waals surface area contributed by atoms with E-state index in [-0.39, 0.29) is 6.04 Å². The fourth-order valence-electron chi connectivity index (χ4n) is 3.46. The summed E-state index contributed by atoms with van der Waals surface area (Å²) < 4.78 is 16.9. The Morgan fingerprint density at radius 3 is 2.79 bits per heavy atom. The number of methoxy groups -OCH3 is 1. The molecule has 2 aromatic rings. The Hall–Kier alpha value is -2.28. The number of ether oxygens (including phenoxy) is 3. The molecule has 0 saturated carbocycles. The number of hydrogen-bond donors (Lipinski definition) is 1. The molecule has 0 radical (unpaired) electrons. The Balaban J connectivity index is 1.59. The molecule has 1 saturated heterocycles. The lowest BCUT2D eigenvalue weighted by molar-refractivity contribution is 0.169. The van der Waals surface area contributed by atoms with Crippen molar-refractivity contribution in [2.45, 2.75) is 32.4 Å². The van der Waals surface area contributed by atoms with E-state index in [1.807, 2.05) is 19.1 Å². The number of nitrogens with zero attached hydrogens (tertiary/aromatic N) is 3. The molecule has 1 N–H and O–H groups in total. The summed E-state index contributed by atoms with van der Waals surface area (Å²) in [5.74, 6) is 4.11. The van der Waals surface area contributed by atoms with E-state index in [4.69, 9.17) is 14.2 Å². The quantitative estimate of drug-likeness (QED) is 0.927. The third-order valence-corrected chi connectivity index (χ3v) is 4.59. The van der Waals surface area contributed by atoms with Gasteiger partial charge >= 0.3 is 0 Å². The van der Waals surface area contributed by atoms with Gasteiger partial charge in [-0.15, -0.1) is 0 Å². The molecule has 2 aliphatic heterocycles. The largest absolute Gasteiger partial charge is 0.496 e. The van der Waals surface area contributed by atoms with E-state index >= 15 is 0 Å². The molecule has 128 valence electrons. The smallest absolute Gasteiger partial charge is 0.167 e. The van der Waals surface area contributed by atoms with Gasteiger partial charge in [-0.25, -0.2) is 4.98 Å². The highest BCUT2D eigenvalue weighted by Gasteiger charge is 2.30. The highest BCUT2D eigenvalue weighted by molar-refractivity contribution is 5.51. The van der Waals surface area contributed by atoms with Crippen molar-refractivity contribution in [3.63, 3.8) is 0 Å². The van der Waals surface area contributed by atoms with Crippen molar-refractivity contribution in [3.05, 3.63) is 29.3 Å². The highest BCUT2D eigenvalue weighted by atomic mass is 16.6. The Morgan fingerprint density at radius 1 is 1.29 bits per heavy atom. The van der Waals surface area contributed by atoms with E-state index in [2.05, 4.69) is 20.1 Å². The van der Waals surface area contributed by atoms with Crippen LogP contribution in [-0.2, 0) is 6.54 Å². The lowest BCUT2D eigenvalue weighted by Crippen LogP contribution is -2.24. The van der Waals surface area contributed by atoms with Crippen LogP contribution in [0.25, 0.3) is 0 Å². The average Bonchev–Trinajstić information content (AvgIpc) is 3.23. The molecule has 1 atom stereocenters. The molecule has 3 heterocycles. The lowest BCUT2D eigenvalue weighted by Gasteiger charge is -2.25.